The second-order valence-corrected chi connectivity index (χ2v) is 7.66. The quantitative estimate of drug-likeness (QED) is 0.355. The monoisotopic (exact) mass is 403 g/mol. The third-order valence-electron chi connectivity index (χ3n) is 4.68. The average Bonchev–Trinajstić information content (AvgIpc) is 3.15. The van der Waals surface area contributed by atoms with Gasteiger partial charge in [0.15, 0.2) is 0 Å². The Kier molecular flexibility index (Phi) is 4.11. The average molecular weight is 404 g/mol. The summed E-state index contributed by atoms with van der Waals surface area (Å²) < 4.78 is 0. The Balaban J connectivity index is 1.67. The number of phenols is 1. The first-order chi connectivity index (χ1) is 13.7. The van der Waals surface area contributed by atoms with E-state index in [0.29, 0.717) is 5.02 Å². The molecule has 0 aliphatic rings. The van der Waals surface area contributed by atoms with Crippen LogP contribution in [0.25, 0.3) is 32.1 Å². The summed E-state index contributed by atoms with van der Waals surface area (Å²) in [7, 11) is 0. The van der Waals surface area contributed by atoms with Gasteiger partial charge in [0, 0.05) is 32.4 Å². The third kappa shape index (κ3) is 2.85. The largest absolute Gasteiger partial charge is 0.507 e. The normalized spacial score (nSPS) is 11.2. The van der Waals surface area contributed by atoms with Crippen molar-refractivity contribution >= 4 is 55.4 Å². The molecule has 2 heterocycles. The van der Waals surface area contributed by atoms with Crippen molar-refractivity contribution in [1.82, 2.24) is 9.97 Å². The lowest BCUT2D eigenvalue weighted by Gasteiger charge is -2.11. The zero-order chi connectivity index (χ0) is 19.1. The number of hydrogen-bond donors (Lipinski definition) is 2. The van der Waals surface area contributed by atoms with Gasteiger partial charge in [-0.3, -0.25) is 0 Å². The fourth-order valence-electron chi connectivity index (χ4n) is 3.34. The highest BCUT2D eigenvalue weighted by atomic mass is 35.5. The Morgan fingerprint density at radius 1 is 0.893 bits per heavy atom. The number of aromatic hydroxyl groups is 1. The second-order valence-electron chi connectivity index (χ2n) is 6.36. The van der Waals surface area contributed by atoms with Gasteiger partial charge < -0.3 is 10.4 Å². The number of nitrogens with zero attached hydrogens (tertiary/aromatic N) is 2. The lowest BCUT2D eigenvalue weighted by atomic mass is 10.1. The number of hydrogen-bond acceptors (Lipinski definition) is 5. The molecule has 0 saturated carbocycles. The standard InChI is InChI=1S/C22H14ClN3OS/c23-14-9-7-13(8-10-14)17-11-28-22-20(17)21(24-12-25-22)26-18-5-1-4-16-15(18)3-2-6-19(16)27/h1-12,27H,(H,24,25,26). The van der Waals surface area contributed by atoms with Crippen LogP contribution in [0.2, 0.25) is 5.02 Å². The second kappa shape index (κ2) is 6.78. The molecule has 4 nitrogen and oxygen atoms in total. The molecule has 3 aromatic carbocycles. The van der Waals surface area contributed by atoms with Gasteiger partial charge >= 0.3 is 0 Å². The number of benzene rings is 3. The van der Waals surface area contributed by atoms with E-state index in [9.17, 15) is 5.11 Å². The molecule has 0 bridgehead atoms. The summed E-state index contributed by atoms with van der Waals surface area (Å²) in [5.41, 5.74) is 2.99. The van der Waals surface area contributed by atoms with Crippen LogP contribution < -0.4 is 5.32 Å². The maximum atomic E-state index is 10.2. The fraction of sp³-hybridized carbons (Fsp3) is 0. The zero-order valence-corrected chi connectivity index (χ0v) is 16.1. The fourth-order valence-corrected chi connectivity index (χ4v) is 4.38. The van der Waals surface area contributed by atoms with Crippen LogP contribution in [0.5, 0.6) is 5.75 Å². The molecule has 0 atom stereocenters. The van der Waals surface area contributed by atoms with Crippen LogP contribution in [-0.2, 0) is 0 Å². The number of thiophene rings is 1. The molecule has 5 aromatic rings. The Hall–Kier alpha value is -3.15. The summed E-state index contributed by atoms with van der Waals surface area (Å²) in [6.07, 6.45) is 1.56. The number of nitrogens with one attached hydrogen (secondary N) is 1. The van der Waals surface area contributed by atoms with E-state index in [1.54, 1.807) is 23.7 Å². The van der Waals surface area contributed by atoms with E-state index in [4.69, 9.17) is 11.6 Å². The van der Waals surface area contributed by atoms with Crippen molar-refractivity contribution in [2.24, 2.45) is 0 Å². The number of phenolic OH excluding ortho intramolecular Hbond substituents is 1. The lowest BCUT2D eigenvalue weighted by molar-refractivity contribution is 0.481. The first-order valence-electron chi connectivity index (χ1n) is 8.66. The van der Waals surface area contributed by atoms with E-state index in [1.165, 1.54) is 0 Å². The first kappa shape index (κ1) is 17.0. The number of halogens is 1. The Morgan fingerprint density at radius 3 is 2.54 bits per heavy atom. The van der Waals surface area contributed by atoms with Crippen LogP contribution in [0.4, 0.5) is 11.5 Å². The van der Waals surface area contributed by atoms with Crippen molar-refractivity contribution in [3.8, 4) is 16.9 Å². The van der Waals surface area contributed by atoms with Gasteiger partial charge in [-0.05, 0) is 29.8 Å². The van der Waals surface area contributed by atoms with E-state index < -0.39 is 0 Å². The van der Waals surface area contributed by atoms with Crippen LogP contribution in [-0.4, -0.2) is 15.1 Å². The lowest BCUT2D eigenvalue weighted by Crippen LogP contribution is -1.96. The predicted octanol–water partition coefficient (Wildman–Crippen LogP) is 6.61. The molecule has 2 N–H and O–H groups in total. The molecule has 0 radical (unpaired) electrons. The van der Waals surface area contributed by atoms with Gasteiger partial charge in [-0.25, -0.2) is 9.97 Å². The van der Waals surface area contributed by atoms with Crippen molar-refractivity contribution in [3.63, 3.8) is 0 Å². The number of aromatic nitrogens is 2. The van der Waals surface area contributed by atoms with Gasteiger partial charge in [0.05, 0.1) is 5.39 Å². The van der Waals surface area contributed by atoms with Gasteiger partial charge in [0.2, 0.25) is 0 Å². The van der Waals surface area contributed by atoms with E-state index in [1.807, 2.05) is 54.6 Å². The molecular weight excluding hydrogens is 390 g/mol. The van der Waals surface area contributed by atoms with Crippen LogP contribution in [0.1, 0.15) is 0 Å². The number of rotatable bonds is 3. The molecule has 0 aliphatic heterocycles. The minimum absolute atomic E-state index is 0.256. The zero-order valence-electron chi connectivity index (χ0n) is 14.6. The molecule has 28 heavy (non-hydrogen) atoms. The summed E-state index contributed by atoms with van der Waals surface area (Å²) in [5, 5.41) is 19.1. The Morgan fingerprint density at radius 2 is 1.68 bits per heavy atom. The predicted molar refractivity (Wildman–Crippen MR) is 117 cm³/mol. The van der Waals surface area contributed by atoms with E-state index in [-0.39, 0.29) is 5.75 Å². The first-order valence-corrected chi connectivity index (χ1v) is 9.92. The molecule has 0 spiro atoms. The molecule has 0 aliphatic carbocycles. The van der Waals surface area contributed by atoms with Crippen LogP contribution in [0.15, 0.2) is 72.4 Å². The summed E-state index contributed by atoms with van der Waals surface area (Å²) in [5.74, 6) is 0.985. The molecule has 5 rings (SSSR count). The highest BCUT2D eigenvalue weighted by Gasteiger charge is 2.14. The van der Waals surface area contributed by atoms with Crippen molar-refractivity contribution in [2.75, 3.05) is 5.32 Å². The third-order valence-corrected chi connectivity index (χ3v) is 5.82. The van der Waals surface area contributed by atoms with Gasteiger partial charge in [0.1, 0.15) is 22.7 Å². The van der Waals surface area contributed by atoms with Gasteiger partial charge in [-0.15, -0.1) is 11.3 Å². The summed E-state index contributed by atoms with van der Waals surface area (Å²) >= 11 is 7.62. The highest BCUT2D eigenvalue weighted by molar-refractivity contribution is 7.17. The van der Waals surface area contributed by atoms with Gasteiger partial charge in [-0.1, -0.05) is 48.0 Å². The minimum Gasteiger partial charge on any atom is -0.507 e. The number of anilines is 2. The van der Waals surface area contributed by atoms with Crippen LogP contribution in [0.3, 0.4) is 0 Å². The molecular formula is C22H14ClN3OS. The Labute approximate surface area is 170 Å². The molecule has 0 fully saturated rings. The van der Waals surface area contributed by atoms with Crippen molar-refractivity contribution in [3.05, 3.63) is 77.4 Å². The van der Waals surface area contributed by atoms with Crippen molar-refractivity contribution in [2.45, 2.75) is 0 Å². The molecule has 0 amide bonds. The van der Waals surface area contributed by atoms with Gasteiger partial charge in [-0.2, -0.15) is 0 Å². The highest BCUT2D eigenvalue weighted by Crippen LogP contribution is 2.39. The van der Waals surface area contributed by atoms with E-state index in [2.05, 4.69) is 20.7 Å². The minimum atomic E-state index is 0.256. The SMILES string of the molecule is Oc1cccc2c(Nc3ncnc4scc(-c5ccc(Cl)cc5)c34)cccc12. The van der Waals surface area contributed by atoms with E-state index in [0.717, 1.165) is 43.6 Å². The summed E-state index contributed by atoms with van der Waals surface area (Å²) in [6.45, 7) is 0. The molecule has 0 saturated heterocycles. The van der Waals surface area contributed by atoms with Gasteiger partial charge in [0.25, 0.3) is 0 Å². The van der Waals surface area contributed by atoms with Crippen LogP contribution >= 0.6 is 22.9 Å². The number of fused-ring (bicyclic) bond motifs is 2. The van der Waals surface area contributed by atoms with Crippen molar-refractivity contribution in [1.29, 1.82) is 0 Å². The Bertz CT molecular complexity index is 1310. The topological polar surface area (TPSA) is 58.0 Å². The van der Waals surface area contributed by atoms with Crippen molar-refractivity contribution < 1.29 is 5.11 Å². The molecule has 0 unspecified atom stereocenters. The van der Waals surface area contributed by atoms with Crippen LogP contribution in [0, 0.1) is 0 Å². The molecule has 6 heteroatoms. The maximum Gasteiger partial charge on any atom is 0.143 e. The van der Waals surface area contributed by atoms with E-state index >= 15 is 0 Å². The summed E-state index contributed by atoms with van der Waals surface area (Å²) in [4.78, 5) is 9.84. The molecule has 136 valence electrons. The molecule has 2 aromatic heterocycles. The maximum absolute atomic E-state index is 10.2. The summed E-state index contributed by atoms with van der Waals surface area (Å²) in [6, 6.07) is 19.0. The smallest absolute Gasteiger partial charge is 0.143 e.